The average molecular weight is 406 g/mol. The van der Waals surface area contributed by atoms with Crippen LogP contribution in [0.25, 0.3) is 22.3 Å². The van der Waals surface area contributed by atoms with Crippen LogP contribution in [0, 0.1) is 13.8 Å². The van der Waals surface area contributed by atoms with Crippen LogP contribution in [0.2, 0.25) is 0 Å². The van der Waals surface area contributed by atoms with Gasteiger partial charge in [0, 0.05) is 34.9 Å². The highest BCUT2D eigenvalue weighted by molar-refractivity contribution is 7.99. The molecule has 0 spiro atoms. The smallest absolute Gasteiger partial charge is 0.234 e. The van der Waals surface area contributed by atoms with Gasteiger partial charge in [-0.15, -0.1) is 10.2 Å². The van der Waals surface area contributed by atoms with E-state index in [1.54, 1.807) is 0 Å². The first-order chi connectivity index (χ1) is 14.0. The molecule has 0 bridgehead atoms. The van der Waals surface area contributed by atoms with Crippen molar-refractivity contribution in [3.8, 4) is 11.4 Å². The van der Waals surface area contributed by atoms with Crippen molar-refractivity contribution in [2.45, 2.75) is 32.5 Å². The number of aromatic nitrogens is 4. The number of aromatic amines is 1. The fourth-order valence-electron chi connectivity index (χ4n) is 3.51. The molecular formula is C22H23N5OS. The maximum Gasteiger partial charge on any atom is 0.234 e. The number of aryl methyl sites for hydroxylation is 2. The number of hydrogen-bond acceptors (Lipinski definition) is 4. The number of rotatable bonds is 6. The SMILES string of the molecule is CCn1c(SCC(=O)Nc2cc(C)cc(C)c2)nnc1-c1c[nH]c2ccccc12. The van der Waals surface area contributed by atoms with Crippen LogP contribution in [-0.4, -0.2) is 31.4 Å². The number of nitrogens with zero attached hydrogens (tertiary/aromatic N) is 3. The first kappa shape index (κ1) is 19.3. The predicted molar refractivity (Wildman–Crippen MR) is 118 cm³/mol. The molecule has 0 saturated heterocycles. The third-order valence-corrected chi connectivity index (χ3v) is 5.67. The first-order valence-corrected chi connectivity index (χ1v) is 10.5. The van der Waals surface area contributed by atoms with E-state index in [0.29, 0.717) is 0 Å². The van der Waals surface area contributed by atoms with Crippen molar-refractivity contribution in [3.05, 3.63) is 59.8 Å². The molecule has 4 aromatic rings. The summed E-state index contributed by atoms with van der Waals surface area (Å²) in [5, 5.41) is 13.6. The second-order valence-corrected chi connectivity index (χ2v) is 7.95. The number of amides is 1. The number of fused-ring (bicyclic) bond motifs is 1. The molecule has 0 radical (unpaired) electrons. The fourth-order valence-corrected chi connectivity index (χ4v) is 4.31. The highest BCUT2D eigenvalue weighted by Gasteiger charge is 2.17. The lowest BCUT2D eigenvalue weighted by atomic mass is 10.1. The minimum Gasteiger partial charge on any atom is -0.360 e. The van der Waals surface area contributed by atoms with Crippen LogP contribution in [0.5, 0.6) is 0 Å². The number of anilines is 1. The maximum absolute atomic E-state index is 12.4. The van der Waals surface area contributed by atoms with Gasteiger partial charge >= 0.3 is 0 Å². The number of carbonyl (C=O) groups is 1. The number of benzene rings is 2. The Hall–Kier alpha value is -3.06. The van der Waals surface area contributed by atoms with E-state index in [9.17, 15) is 4.79 Å². The summed E-state index contributed by atoms with van der Waals surface area (Å²) >= 11 is 1.40. The molecule has 0 unspecified atom stereocenters. The van der Waals surface area contributed by atoms with Crippen LogP contribution in [-0.2, 0) is 11.3 Å². The molecule has 148 valence electrons. The summed E-state index contributed by atoms with van der Waals surface area (Å²) in [5.41, 5.74) is 5.16. The Labute approximate surface area is 173 Å². The lowest BCUT2D eigenvalue weighted by Crippen LogP contribution is -2.15. The first-order valence-electron chi connectivity index (χ1n) is 9.55. The number of carbonyl (C=O) groups excluding carboxylic acids is 1. The molecule has 6 nitrogen and oxygen atoms in total. The van der Waals surface area contributed by atoms with Crippen LogP contribution >= 0.6 is 11.8 Å². The molecule has 0 saturated carbocycles. The van der Waals surface area contributed by atoms with Gasteiger partial charge in [0.1, 0.15) is 0 Å². The van der Waals surface area contributed by atoms with E-state index < -0.39 is 0 Å². The van der Waals surface area contributed by atoms with Crippen molar-refractivity contribution >= 4 is 34.3 Å². The second kappa shape index (κ2) is 8.13. The van der Waals surface area contributed by atoms with E-state index in [1.807, 2.05) is 54.9 Å². The predicted octanol–water partition coefficient (Wildman–Crippen LogP) is 4.79. The van der Waals surface area contributed by atoms with Crippen molar-refractivity contribution in [3.63, 3.8) is 0 Å². The molecule has 2 aromatic heterocycles. The minimum absolute atomic E-state index is 0.0562. The average Bonchev–Trinajstić information content (AvgIpc) is 3.28. The van der Waals surface area contributed by atoms with Crippen LogP contribution in [0.3, 0.4) is 0 Å². The van der Waals surface area contributed by atoms with Gasteiger partial charge in [0.05, 0.1) is 5.75 Å². The van der Waals surface area contributed by atoms with E-state index >= 15 is 0 Å². The molecule has 2 aromatic carbocycles. The molecule has 7 heteroatoms. The Morgan fingerprint density at radius 3 is 2.66 bits per heavy atom. The van der Waals surface area contributed by atoms with Crippen LogP contribution in [0.4, 0.5) is 5.69 Å². The Bertz CT molecular complexity index is 1160. The fraction of sp³-hybridized carbons (Fsp3) is 0.227. The van der Waals surface area contributed by atoms with Gasteiger partial charge in [0.25, 0.3) is 0 Å². The van der Waals surface area contributed by atoms with Crippen molar-refractivity contribution in [2.24, 2.45) is 0 Å². The molecule has 1 amide bonds. The number of para-hydroxylation sites is 1. The Morgan fingerprint density at radius 1 is 1.14 bits per heavy atom. The lowest BCUT2D eigenvalue weighted by molar-refractivity contribution is -0.113. The van der Waals surface area contributed by atoms with Gasteiger partial charge in [-0.05, 0) is 50.1 Å². The molecule has 0 aliphatic carbocycles. The Morgan fingerprint density at radius 2 is 1.90 bits per heavy atom. The number of hydrogen-bond donors (Lipinski definition) is 2. The summed E-state index contributed by atoms with van der Waals surface area (Å²) in [6.07, 6.45) is 1.96. The Kier molecular flexibility index (Phi) is 5.40. The Balaban J connectivity index is 1.50. The third-order valence-electron chi connectivity index (χ3n) is 4.70. The highest BCUT2D eigenvalue weighted by Crippen LogP contribution is 2.30. The van der Waals surface area contributed by atoms with Gasteiger partial charge in [-0.2, -0.15) is 0 Å². The molecule has 0 fully saturated rings. The van der Waals surface area contributed by atoms with Crippen molar-refractivity contribution in [2.75, 3.05) is 11.1 Å². The van der Waals surface area contributed by atoms with Crippen molar-refractivity contribution in [1.82, 2.24) is 19.7 Å². The zero-order valence-corrected chi connectivity index (χ0v) is 17.5. The van der Waals surface area contributed by atoms with E-state index in [2.05, 4.69) is 39.6 Å². The topological polar surface area (TPSA) is 75.6 Å². The monoisotopic (exact) mass is 405 g/mol. The maximum atomic E-state index is 12.4. The lowest BCUT2D eigenvalue weighted by Gasteiger charge is -2.08. The minimum atomic E-state index is -0.0562. The van der Waals surface area contributed by atoms with Crippen LogP contribution in [0.1, 0.15) is 18.1 Å². The van der Waals surface area contributed by atoms with Crippen LogP contribution < -0.4 is 5.32 Å². The van der Waals surface area contributed by atoms with Gasteiger partial charge in [0.2, 0.25) is 5.91 Å². The van der Waals surface area contributed by atoms with Crippen molar-refractivity contribution < 1.29 is 4.79 Å². The number of H-pyrrole nitrogens is 1. The van der Waals surface area contributed by atoms with E-state index in [0.717, 1.165) is 50.8 Å². The molecule has 4 rings (SSSR count). The van der Waals surface area contributed by atoms with Crippen LogP contribution in [0.15, 0.2) is 53.8 Å². The standard InChI is InChI=1S/C22H23N5OS/c1-4-27-21(18-12-23-19-8-6-5-7-17(18)19)25-26-22(27)29-13-20(28)24-16-10-14(2)9-15(3)11-16/h5-12,23H,4,13H2,1-3H3,(H,24,28). The normalized spacial score (nSPS) is 11.1. The van der Waals surface area contributed by atoms with E-state index in [1.165, 1.54) is 11.8 Å². The summed E-state index contributed by atoms with van der Waals surface area (Å²) in [6, 6.07) is 14.2. The second-order valence-electron chi connectivity index (χ2n) is 7.01. The van der Waals surface area contributed by atoms with Gasteiger partial charge in [-0.3, -0.25) is 4.79 Å². The molecule has 2 N–H and O–H groups in total. The molecule has 0 aliphatic heterocycles. The summed E-state index contributed by atoms with van der Waals surface area (Å²) in [4.78, 5) is 15.7. The molecule has 29 heavy (non-hydrogen) atoms. The van der Waals surface area contributed by atoms with Gasteiger partial charge in [0.15, 0.2) is 11.0 Å². The molecular weight excluding hydrogens is 382 g/mol. The molecule has 2 heterocycles. The molecule has 0 aliphatic rings. The van der Waals surface area contributed by atoms with E-state index in [4.69, 9.17) is 0 Å². The highest BCUT2D eigenvalue weighted by atomic mass is 32.2. The molecule has 0 atom stereocenters. The van der Waals surface area contributed by atoms with Gasteiger partial charge in [-0.25, -0.2) is 0 Å². The van der Waals surface area contributed by atoms with Crippen molar-refractivity contribution in [1.29, 1.82) is 0 Å². The quantitative estimate of drug-likeness (QED) is 0.452. The summed E-state index contributed by atoms with van der Waals surface area (Å²) in [5.74, 6) is 1.03. The van der Waals surface area contributed by atoms with Gasteiger partial charge < -0.3 is 14.9 Å². The number of thioether (sulfide) groups is 1. The summed E-state index contributed by atoms with van der Waals surface area (Å²) < 4.78 is 2.05. The van der Waals surface area contributed by atoms with Gasteiger partial charge in [-0.1, -0.05) is 36.0 Å². The number of nitrogens with one attached hydrogen (secondary N) is 2. The zero-order chi connectivity index (χ0) is 20.4. The largest absolute Gasteiger partial charge is 0.360 e. The summed E-state index contributed by atoms with van der Waals surface area (Å²) in [6.45, 7) is 6.82. The third kappa shape index (κ3) is 4.05. The van der Waals surface area contributed by atoms with E-state index in [-0.39, 0.29) is 11.7 Å². The summed E-state index contributed by atoms with van der Waals surface area (Å²) in [7, 11) is 0. The zero-order valence-electron chi connectivity index (χ0n) is 16.7.